The van der Waals surface area contributed by atoms with Gasteiger partial charge in [0.1, 0.15) is 5.82 Å². The Morgan fingerprint density at radius 3 is 2.85 bits per heavy atom. The van der Waals surface area contributed by atoms with Crippen molar-refractivity contribution in [2.45, 2.75) is 32.7 Å². The van der Waals surface area contributed by atoms with Crippen LogP contribution < -0.4 is 5.32 Å². The van der Waals surface area contributed by atoms with Crippen molar-refractivity contribution in [2.75, 3.05) is 6.54 Å². The first-order valence-corrected chi connectivity index (χ1v) is 4.95. The summed E-state index contributed by atoms with van der Waals surface area (Å²) in [5.41, 5.74) is 2.67. The molecule has 13 heavy (non-hydrogen) atoms. The lowest BCUT2D eigenvalue weighted by Crippen LogP contribution is -2.24. The zero-order valence-corrected chi connectivity index (χ0v) is 8.59. The van der Waals surface area contributed by atoms with E-state index in [2.05, 4.69) is 35.8 Å². The van der Waals surface area contributed by atoms with Crippen molar-refractivity contribution in [1.82, 2.24) is 14.9 Å². The number of rotatable bonds is 1. The molecule has 1 aromatic rings. The monoisotopic (exact) mass is 179 g/mol. The average Bonchev–Trinajstić information content (AvgIpc) is 2.45. The highest BCUT2D eigenvalue weighted by Gasteiger charge is 2.18. The van der Waals surface area contributed by atoms with Crippen LogP contribution in [0.4, 0.5) is 0 Å². The first-order valence-electron chi connectivity index (χ1n) is 4.95. The molecular formula is C10H17N3. The van der Waals surface area contributed by atoms with Gasteiger partial charge >= 0.3 is 0 Å². The summed E-state index contributed by atoms with van der Waals surface area (Å²) in [6, 6.07) is 0. The third kappa shape index (κ3) is 1.37. The second-order valence-corrected chi connectivity index (χ2v) is 4.00. The Bertz CT molecular complexity index is 312. The fourth-order valence-corrected chi connectivity index (χ4v) is 1.96. The van der Waals surface area contributed by atoms with Gasteiger partial charge in [0.25, 0.3) is 0 Å². The lowest BCUT2D eigenvalue weighted by atomic mass is 10.2. The van der Waals surface area contributed by atoms with Gasteiger partial charge in [0, 0.05) is 32.5 Å². The number of fused-ring (bicyclic) bond motifs is 1. The van der Waals surface area contributed by atoms with Gasteiger partial charge in [0.15, 0.2) is 0 Å². The summed E-state index contributed by atoms with van der Waals surface area (Å²) in [6.07, 6.45) is 1.08. The molecule has 0 aliphatic carbocycles. The maximum Gasteiger partial charge on any atom is 0.111 e. The number of hydrogen-bond donors (Lipinski definition) is 1. The molecule has 2 rings (SSSR count). The number of imidazole rings is 1. The quantitative estimate of drug-likeness (QED) is 0.701. The Hall–Kier alpha value is -0.830. The van der Waals surface area contributed by atoms with Crippen LogP contribution in [0.2, 0.25) is 0 Å². The van der Waals surface area contributed by atoms with Crippen molar-refractivity contribution >= 4 is 0 Å². The molecule has 0 atom stereocenters. The Labute approximate surface area is 79.2 Å². The van der Waals surface area contributed by atoms with Gasteiger partial charge in [-0.25, -0.2) is 4.98 Å². The number of nitrogens with zero attached hydrogens (tertiary/aromatic N) is 2. The van der Waals surface area contributed by atoms with Gasteiger partial charge in [-0.3, -0.25) is 0 Å². The maximum absolute atomic E-state index is 4.67. The fraction of sp³-hybridized carbons (Fsp3) is 0.700. The maximum atomic E-state index is 4.67. The second-order valence-electron chi connectivity index (χ2n) is 4.00. The average molecular weight is 179 g/mol. The summed E-state index contributed by atoms with van der Waals surface area (Å²) < 4.78 is 2.24. The molecule has 0 unspecified atom stereocenters. The van der Waals surface area contributed by atoms with Crippen LogP contribution in [0, 0.1) is 0 Å². The van der Waals surface area contributed by atoms with Gasteiger partial charge < -0.3 is 9.88 Å². The molecular weight excluding hydrogens is 162 g/mol. The molecule has 0 aromatic carbocycles. The van der Waals surface area contributed by atoms with Crippen molar-refractivity contribution in [3.8, 4) is 0 Å². The van der Waals surface area contributed by atoms with E-state index in [0.29, 0.717) is 5.92 Å². The molecule has 1 N–H and O–H groups in total. The van der Waals surface area contributed by atoms with E-state index in [0.717, 1.165) is 19.5 Å². The standard InChI is InChI=1S/C10H17N3/c1-7(2)10-12-8-4-5-11-6-9(8)13(10)3/h7,11H,4-6H2,1-3H3. The third-order valence-corrected chi connectivity index (χ3v) is 2.68. The van der Waals surface area contributed by atoms with Crippen LogP contribution in [0.1, 0.15) is 37.0 Å². The van der Waals surface area contributed by atoms with Crippen LogP contribution in [0.5, 0.6) is 0 Å². The van der Waals surface area contributed by atoms with E-state index in [4.69, 9.17) is 0 Å². The predicted molar refractivity (Wildman–Crippen MR) is 52.7 cm³/mol. The van der Waals surface area contributed by atoms with Gasteiger partial charge in [0.2, 0.25) is 0 Å². The lowest BCUT2D eigenvalue weighted by molar-refractivity contribution is 0.600. The highest BCUT2D eigenvalue weighted by molar-refractivity contribution is 5.21. The summed E-state index contributed by atoms with van der Waals surface area (Å²) in [4.78, 5) is 4.67. The number of aromatic nitrogens is 2. The molecule has 1 aromatic heterocycles. The van der Waals surface area contributed by atoms with E-state index in [-0.39, 0.29) is 0 Å². The Balaban J connectivity index is 2.44. The summed E-state index contributed by atoms with van der Waals surface area (Å²) in [5.74, 6) is 1.74. The molecule has 0 fully saturated rings. The van der Waals surface area contributed by atoms with Gasteiger partial charge in [-0.2, -0.15) is 0 Å². The van der Waals surface area contributed by atoms with Gasteiger partial charge in [0.05, 0.1) is 11.4 Å². The topological polar surface area (TPSA) is 29.9 Å². The molecule has 0 saturated heterocycles. The van der Waals surface area contributed by atoms with E-state index in [1.165, 1.54) is 17.2 Å². The Kier molecular flexibility index (Phi) is 2.12. The van der Waals surface area contributed by atoms with Crippen LogP contribution in [0.15, 0.2) is 0 Å². The molecule has 2 heterocycles. The number of nitrogens with one attached hydrogen (secondary N) is 1. The van der Waals surface area contributed by atoms with Gasteiger partial charge in [-0.1, -0.05) is 13.8 Å². The molecule has 0 saturated carbocycles. The Morgan fingerprint density at radius 1 is 1.46 bits per heavy atom. The van der Waals surface area contributed by atoms with Crippen LogP contribution >= 0.6 is 0 Å². The van der Waals surface area contributed by atoms with Crippen LogP contribution in [-0.2, 0) is 20.0 Å². The first-order chi connectivity index (χ1) is 6.20. The van der Waals surface area contributed by atoms with Crippen molar-refractivity contribution in [1.29, 1.82) is 0 Å². The predicted octanol–water partition coefficient (Wildman–Crippen LogP) is 1.19. The van der Waals surface area contributed by atoms with Crippen molar-refractivity contribution in [3.05, 3.63) is 17.2 Å². The van der Waals surface area contributed by atoms with Gasteiger partial charge in [-0.05, 0) is 0 Å². The molecule has 0 amide bonds. The van der Waals surface area contributed by atoms with Crippen LogP contribution in [0.3, 0.4) is 0 Å². The van der Waals surface area contributed by atoms with Crippen LogP contribution in [0.25, 0.3) is 0 Å². The molecule has 3 heteroatoms. The number of hydrogen-bond acceptors (Lipinski definition) is 2. The van der Waals surface area contributed by atoms with E-state index >= 15 is 0 Å². The highest BCUT2D eigenvalue weighted by atomic mass is 15.1. The minimum Gasteiger partial charge on any atom is -0.333 e. The Morgan fingerprint density at radius 2 is 2.23 bits per heavy atom. The minimum absolute atomic E-state index is 0.524. The van der Waals surface area contributed by atoms with E-state index in [9.17, 15) is 0 Å². The van der Waals surface area contributed by atoms with Crippen LogP contribution in [-0.4, -0.2) is 16.1 Å². The molecule has 0 bridgehead atoms. The summed E-state index contributed by atoms with van der Waals surface area (Å²) in [7, 11) is 2.12. The summed E-state index contributed by atoms with van der Waals surface area (Å²) >= 11 is 0. The first kappa shape index (κ1) is 8.75. The molecule has 0 radical (unpaired) electrons. The minimum atomic E-state index is 0.524. The second kappa shape index (κ2) is 3.14. The summed E-state index contributed by atoms with van der Waals surface area (Å²) in [5, 5.41) is 3.37. The summed E-state index contributed by atoms with van der Waals surface area (Å²) in [6.45, 7) is 6.44. The zero-order chi connectivity index (χ0) is 9.42. The fourth-order valence-electron chi connectivity index (χ4n) is 1.96. The van der Waals surface area contributed by atoms with Crippen molar-refractivity contribution in [2.24, 2.45) is 7.05 Å². The SMILES string of the molecule is CC(C)c1nc2c(n1C)CNCC2. The molecule has 1 aliphatic rings. The van der Waals surface area contributed by atoms with E-state index in [1.54, 1.807) is 0 Å². The highest BCUT2D eigenvalue weighted by Crippen LogP contribution is 2.19. The van der Waals surface area contributed by atoms with E-state index in [1.807, 2.05) is 0 Å². The largest absolute Gasteiger partial charge is 0.333 e. The molecule has 1 aliphatic heterocycles. The molecule has 72 valence electrons. The third-order valence-electron chi connectivity index (χ3n) is 2.68. The molecule has 3 nitrogen and oxygen atoms in total. The van der Waals surface area contributed by atoms with Gasteiger partial charge in [-0.15, -0.1) is 0 Å². The van der Waals surface area contributed by atoms with E-state index < -0.39 is 0 Å². The normalized spacial score (nSPS) is 16.3. The zero-order valence-electron chi connectivity index (χ0n) is 8.59. The van der Waals surface area contributed by atoms with Crippen molar-refractivity contribution < 1.29 is 0 Å². The smallest absolute Gasteiger partial charge is 0.111 e. The molecule has 0 spiro atoms. The lowest BCUT2D eigenvalue weighted by Gasteiger charge is -2.13. The van der Waals surface area contributed by atoms with Crippen molar-refractivity contribution in [3.63, 3.8) is 0 Å².